The number of benzene rings is 6. The summed E-state index contributed by atoms with van der Waals surface area (Å²) >= 11 is 0. The first-order chi connectivity index (χ1) is 22.2. The molecule has 0 fully saturated rings. The smallest absolute Gasteiger partial charge is 0.193 e. The molecule has 0 bridgehead atoms. The van der Waals surface area contributed by atoms with E-state index in [0.717, 1.165) is 38.9 Å². The molecule has 0 unspecified atom stereocenters. The molecule has 1 aromatic heterocycles. The lowest BCUT2D eigenvalue weighted by Gasteiger charge is -2.42. The Kier molecular flexibility index (Phi) is 6.46. The average molecular weight is 578 g/mol. The Morgan fingerprint density at radius 1 is 0.356 bits per heavy atom. The molecule has 4 nitrogen and oxygen atoms in total. The average Bonchev–Trinajstić information content (AvgIpc) is 3.13. The zero-order chi connectivity index (χ0) is 30.2. The van der Waals surface area contributed by atoms with E-state index in [9.17, 15) is 4.79 Å². The van der Waals surface area contributed by atoms with Crippen molar-refractivity contribution in [3.05, 3.63) is 197 Å². The number of aromatic nitrogens is 3. The van der Waals surface area contributed by atoms with Gasteiger partial charge in [-0.3, -0.25) is 4.79 Å². The van der Waals surface area contributed by atoms with Crippen LogP contribution >= 0.6 is 0 Å². The van der Waals surface area contributed by atoms with Gasteiger partial charge in [-0.15, -0.1) is 0 Å². The molecule has 212 valence electrons. The van der Waals surface area contributed by atoms with Crippen LogP contribution in [-0.2, 0) is 5.41 Å². The molecular formula is C41H27N3O. The second-order valence-electron chi connectivity index (χ2n) is 11.1. The third-order valence-corrected chi connectivity index (χ3v) is 8.63. The quantitative estimate of drug-likeness (QED) is 0.205. The highest BCUT2D eigenvalue weighted by atomic mass is 16.1. The maximum Gasteiger partial charge on any atom is 0.193 e. The highest BCUT2D eigenvalue weighted by molar-refractivity contribution is 6.14. The van der Waals surface area contributed by atoms with Crippen molar-refractivity contribution >= 4 is 5.78 Å². The fourth-order valence-electron chi connectivity index (χ4n) is 6.69. The Morgan fingerprint density at radius 3 is 1.20 bits per heavy atom. The number of fused-ring (bicyclic) bond motifs is 2. The van der Waals surface area contributed by atoms with E-state index in [1.807, 2.05) is 109 Å². The fraction of sp³-hybridized carbons (Fsp3) is 0.0244. The Hall–Kier alpha value is -6.00. The van der Waals surface area contributed by atoms with E-state index in [2.05, 4.69) is 54.6 Å². The first kappa shape index (κ1) is 26.6. The second-order valence-corrected chi connectivity index (χ2v) is 11.1. The van der Waals surface area contributed by atoms with Crippen LogP contribution in [0, 0.1) is 0 Å². The van der Waals surface area contributed by atoms with Crippen LogP contribution in [-0.4, -0.2) is 20.7 Å². The summed E-state index contributed by atoms with van der Waals surface area (Å²) in [6.07, 6.45) is 0. The van der Waals surface area contributed by atoms with Crippen LogP contribution in [0.25, 0.3) is 34.2 Å². The van der Waals surface area contributed by atoms with E-state index in [4.69, 9.17) is 15.0 Å². The number of carbonyl (C=O) groups excluding carboxylic acids is 1. The minimum Gasteiger partial charge on any atom is -0.289 e. The first-order valence-corrected chi connectivity index (χ1v) is 15.0. The highest BCUT2D eigenvalue weighted by Gasteiger charge is 2.47. The molecule has 0 N–H and O–H groups in total. The summed E-state index contributed by atoms with van der Waals surface area (Å²) in [4.78, 5) is 29.2. The third kappa shape index (κ3) is 4.30. The summed E-state index contributed by atoms with van der Waals surface area (Å²) in [6.45, 7) is 0. The first-order valence-electron chi connectivity index (χ1n) is 15.0. The molecule has 4 heteroatoms. The number of rotatable bonds is 5. The number of ketones is 1. The van der Waals surface area contributed by atoms with Gasteiger partial charge in [0.25, 0.3) is 0 Å². The minimum absolute atomic E-state index is 0.0307. The lowest BCUT2D eigenvalue weighted by molar-refractivity contribution is 0.103. The summed E-state index contributed by atoms with van der Waals surface area (Å²) in [6, 6.07) is 54.8. The molecule has 6 aromatic carbocycles. The number of nitrogens with zero attached hydrogens (tertiary/aromatic N) is 3. The van der Waals surface area contributed by atoms with Crippen LogP contribution < -0.4 is 0 Å². The van der Waals surface area contributed by atoms with Crippen LogP contribution in [0.15, 0.2) is 164 Å². The van der Waals surface area contributed by atoms with E-state index < -0.39 is 5.41 Å². The van der Waals surface area contributed by atoms with Gasteiger partial charge in [0.15, 0.2) is 23.3 Å². The molecule has 0 saturated heterocycles. The normalized spacial score (nSPS) is 13.1. The molecule has 8 rings (SSSR count). The third-order valence-electron chi connectivity index (χ3n) is 8.63. The van der Waals surface area contributed by atoms with Gasteiger partial charge in [-0.1, -0.05) is 164 Å². The summed E-state index contributed by atoms with van der Waals surface area (Å²) < 4.78 is 0. The lowest BCUT2D eigenvalue weighted by atomic mass is 9.58. The van der Waals surface area contributed by atoms with Gasteiger partial charge in [0.05, 0.1) is 5.41 Å². The van der Waals surface area contributed by atoms with Crippen molar-refractivity contribution in [2.24, 2.45) is 0 Å². The van der Waals surface area contributed by atoms with Gasteiger partial charge < -0.3 is 0 Å². The maximum absolute atomic E-state index is 14.0. The van der Waals surface area contributed by atoms with Gasteiger partial charge in [0.2, 0.25) is 0 Å². The molecule has 1 aliphatic carbocycles. The molecule has 0 amide bonds. The zero-order valence-corrected chi connectivity index (χ0v) is 24.3. The highest BCUT2D eigenvalue weighted by Crippen LogP contribution is 2.52. The van der Waals surface area contributed by atoms with Gasteiger partial charge in [-0.05, 0) is 22.3 Å². The second kappa shape index (κ2) is 10.9. The Balaban J connectivity index is 1.48. The van der Waals surface area contributed by atoms with Gasteiger partial charge in [0.1, 0.15) is 0 Å². The standard InChI is InChI=1S/C41H27N3O/c45-37-31-22-10-13-25-34(31)41(30-20-8-3-9-21-30,35-26-14-11-23-32(35)37)36-27-15-12-24-33(36)40-43-38(28-16-4-1-5-17-28)42-39(44-40)29-18-6-2-7-19-29/h1-27H. The van der Waals surface area contributed by atoms with Crippen LogP contribution in [0.4, 0.5) is 0 Å². The molecule has 0 spiro atoms. The largest absolute Gasteiger partial charge is 0.289 e. The van der Waals surface area contributed by atoms with E-state index >= 15 is 0 Å². The molecule has 1 heterocycles. The van der Waals surface area contributed by atoms with Gasteiger partial charge >= 0.3 is 0 Å². The molecule has 7 aromatic rings. The Morgan fingerprint density at radius 2 is 0.711 bits per heavy atom. The fourth-order valence-corrected chi connectivity index (χ4v) is 6.69. The predicted octanol–water partition coefficient (Wildman–Crippen LogP) is 8.80. The molecule has 0 atom stereocenters. The van der Waals surface area contributed by atoms with Crippen molar-refractivity contribution in [1.82, 2.24) is 15.0 Å². The molecular weight excluding hydrogens is 550 g/mol. The van der Waals surface area contributed by atoms with E-state index in [1.54, 1.807) is 0 Å². The summed E-state index contributed by atoms with van der Waals surface area (Å²) in [5, 5.41) is 0. The van der Waals surface area contributed by atoms with Crippen molar-refractivity contribution in [1.29, 1.82) is 0 Å². The molecule has 45 heavy (non-hydrogen) atoms. The SMILES string of the molecule is O=C1c2ccccc2C(c2ccccc2)(c2ccccc2-c2nc(-c3ccccc3)nc(-c3ccccc3)n2)c2ccccc21. The van der Waals surface area contributed by atoms with Crippen LogP contribution in [0.2, 0.25) is 0 Å². The van der Waals surface area contributed by atoms with Crippen LogP contribution in [0.3, 0.4) is 0 Å². The minimum atomic E-state index is -0.814. The maximum atomic E-state index is 14.0. The van der Waals surface area contributed by atoms with Crippen molar-refractivity contribution in [3.8, 4) is 34.2 Å². The number of carbonyl (C=O) groups is 1. The number of hydrogen-bond donors (Lipinski definition) is 0. The topological polar surface area (TPSA) is 55.7 Å². The van der Waals surface area contributed by atoms with Crippen molar-refractivity contribution in [2.45, 2.75) is 5.41 Å². The molecule has 1 aliphatic rings. The summed E-state index contributed by atoms with van der Waals surface area (Å²) in [7, 11) is 0. The van der Waals surface area contributed by atoms with E-state index in [1.165, 1.54) is 0 Å². The monoisotopic (exact) mass is 577 g/mol. The Bertz CT molecular complexity index is 2070. The van der Waals surface area contributed by atoms with Crippen molar-refractivity contribution in [3.63, 3.8) is 0 Å². The van der Waals surface area contributed by atoms with Gasteiger partial charge in [-0.25, -0.2) is 15.0 Å². The molecule has 0 saturated carbocycles. The Labute approximate surface area is 261 Å². The lowest BCUT2D eigenvalue weighted by Crippen LogP contribution is -2.38. The molecule has 0 aliphatic heterocycles. The van der Waals surface area contributed by atoms with Gasteiger partial charge in [0, 0.05) is 27.8 Å². The molecule has 0 radical (unpaired) electrons. The summed E-state index contributed by atoms with van der Waals surface area (Å²) in [5.74, 6) is 1.80. The van der Waals surface area contributed by atoms with Crippen molar-refractivity contribution in [2.75, 3.05) is 0 Å². The predicted molar refractivity (Wildman–Crippen MR) is 178 cm³/mol. The van der Waals surface area contributed by atoms with E-state index in [-0.39, 0.29) is 5.78 Å². The zero-order valence-electron chi connectivity index (χ0n) is 24.3. The van der Waals surface area contributed by atoms with Gasteiger partial charge in [-0.2, -0.15) is 0 Å². The van der Waals surface area contributed by atoms with E-state index in [0.29, 0.717) is 28.6 Å². The van der Waals surface area contributed by atoms with Crippen LogP contribution in [0.5, 0.6) is 0 Å². The van der Waals surface area contributed by atoms with Crippen molar-refractivity contribution < 1.29 is 4.79 Å². The number of hydrogen-bond acceptors (Lipinski definition) is 4. The van der Waals surface area contributed by atoms with Crippen LogP contribution in [0.1, 0.15) is 38.2 Å². The summed E-state index contributed by atoms with van der Waals surface area (Å²) in [5.41, 5.74) is 7.20.